The van der Waals surface area contributed by atoms with Gasteiger partial charge in [0.05, 0.1) is 0 Å². The Bertz CT molecular complexity index is 611. The fraction of sp³-hybridized carbons (Fsp3) is 0.400. The lowest BCUT2D eigenvalue weighted by atomic mass is 10.2. The summed E-state index contributed by atoms with van der Waals surface area (Å²) < 4.78 is 1.39. The average Bonchev–Trinajstić information content (AvgIpc) is 3.07. The second kappa shape index (κ2) is 5.07. The van der Waals surface area contributed by atoms with Crippen LogP contribution in [0.5, 0.6) is 0 Å². The Labute approximate surface area is 113 Å². The number of carbonyl (C=O) groups excluding carboxylic acids is 1. The molecule has 4 N–H and O–H groups in total. The summed E-state index contributed by atoms with van der Waals surface area (Å²) in [6.07, 6.45) is 4.19. The maximum absolute atomic E-state index is 11.1. The number of hydrogen-bond donors (Lipinski definition) is 3. The molecule has 0 saturated carbocycles. The first-order valence-electron chi connectivity index (χ1n) is 6.10. The number of anilines is 2. The van der Waals surface area contributed by atoms with E-state index in [-0.39, 0.29) is 23.8 Å². The quantitative estimate of drug-likeness (QED) is 0.628. The molecule has 1 atom stereocenters. The van der Waals surface area contributed by atoms with Gasteiger partial charge in [-0.05, 0) is 6.42 Å². The highest BCUT2D eigenvalue weighted by Crippen LogP contribution is 2.09. The van der Waals surface area contributed by atoms with Crippen molar-refractivity contribution in [3.63, 3.8) is 0 Å². The van der Waals surface area contributed by atoms with Gasteiger partial charge in [-0.3, -0.25) is 4.79 Å². The van der Waals surface area contributed by atoms with Gasteiger partial charge < -0.3 is 16.4 Å². The van der Waals surface area contributed by atoms with E-state index in [1.807, 2.05) is 0 Å². The summed E-state index contributed by atoms with van der Waals surface area (Å²) >= 11 is 0. The molecular formula is C10H13N9O. The van der Waals surface area contributed by atoms with Gasteiger partial charge in [0, 0.05) is 19.0 Å². The first kappa shape index (κ1) is 12.3. The van der Waals surface area contributed by atoms with Gasteiger partial charge in [-0.1, -0.05) is 0 Å². The van der Waals surface area contributed by atoms with Gasteiger partial charge in [0.1, 0.15) is 12.7 Å². The number of nitrogens with zero attached hydrogens (tertiary/aromatic N) is 6. The molecule has 0 aromatic carbocycles. The summed E-state index contributed by atoms with van der Waals surface area (Å²) in [4.78, 5) is 27.1. The monoisotopic (exact) mass is 275 g/mol. The maximum Gasteiger partial charge on any atom is 0.258 e. The van der Waals surface area contributed by atoms with Gasteiger partial charge in [0.25, 0.3) is 5.95 Å². The van der Waals surface area contributed by atoms with E-state index in [1.165, 1.54) is 17.3 Å². The van der Waals surface area contributed by atoms with E-state index >= 15 is 0 Å². The molecule has 1 unspecified atom stereocenters. The molecule has 0 bridgehead atoms. The van der Waals surface area contributed by atoms with Crippen molar-refractivity contribution in [1.29, 1.82) is 0 Å². The largest absolute Gasteiger partial charge is 0.368 e. The lowest BCUT2D eigenvalue weighted by molar-refractivity contribution is -0.119. The lowest BCUT2D eigenvalue weighted by Crippen LogP contribution is -2.32. The number of carbonyl (C=O) groups is 1. The van der Waals surface area contributed by atoms with E-state index in [0.717, 1.165) is 6.42 Å². The van der Waals surface area contributed by atoms with E-state index in [4.69, 9.17) is 5.73 Å². The van der Waals surface area contributed by atoms with Crippen LogP contribution in [0, 0.1) is 0 Å². The zero-order chi connectivity index (χ0) is 13.9. The zero-order valence-corrected chi connectivity index (χ0v) is 10.5. The average molecular weight is 275 g/mol. The van der Waals surface area contributed by atoms with Crippen LogP contribution in [-0.4, -0.2) is 48.2 Å². The molecule has 104 valence electrons. The Balaban J connectivity index is 1.71. The minimum absolute atomic E-state index is 0.0651. The lowest BCUT2D eigenvalue weighted by Gasteiger charge is -2.11. The number of rotatable bonds is 4. The van der Waals surface area contributed by atoms with Crippen molar-refractivity contribution >= 4 is 17.8 Å². The fourth-order valence-electron chi connectivity index (χ4n) is 1.92. The highest BCUT2D eigenvalue weighted by Gasteiger charge is 2.20. The number of amides is 1. The number of hydrogen-bond acceptors (Lipinski definition) is 8. The van der Waals surface area contributed by atoms with Gasteiger partial charge in [-0.25, -0.2) is 4.98 Å². The van der Waals surface area contributed by atoms with Crippen molar-refractivity contribution in [3.8, 4) is 5.95 Å². The van der Waals surface area contributed by atoms with Crippen LogP contribution >= 0.6 is 0 Å². The van der Waals surface area contributed by atoms with Crippen LogP contribution in [0.2, 0.25) is 0 Å². The van der Waals surface area contributed by atoms with Crippen LogP contribution in [-0.2, 0) is 4.79 Å². The number of nitrogens with one attached hydrogen (secondary N) is 2. The van der Waals surface area contributed by atoms with Crippen molar-refractivity contribution in [2.45, 2.75) is 18.9 Å². The number of nitrogen functional groups attached to an aromatic ring is 1. The van der Waals surface area contributed by atoms with Gasteiger partial charge in [0.15, 0.2) is 0 Å². The smallest absolute Gasteiger partial charge is 0.258 e. The normalized spacial score (nSPS) is 18.0. The summed E-state index contributed by atoms with van der Waals surface area (Å²) in [5.41, 5.74) is 5.64. The Morgan fingerprint density at radius 1 is 1.45 bits per heavy atom. The summed E-state index contributed by atoms with van der Waals surface area (Å²) in [7, 11) is 0. The third kappa shape index (κ3) is 2.63. The van der Waals surface area contributed by atoms with Crippen molar-refractivity contribution in [3.05, 3.63) is 12.7 Å². The predicted molar refractivity (Wildman–Crippen MR) is 68.8 cm³/mol. The summed E-state index contributed by atoms with van der Waals surface area (Å²) in [5.74, 6) is 0.774. The summed E-state index contributed by atoms with van der Waals surface area (Å²) in [5, 5.41) is 9.81. The molecule has 0 aliphatic carbocycles. The molecule has 10 nitrogen and oxygen atoms in total. The molecule has 20 heavy (non-hydrogen) atoms. The molecule has 0 spiro atoms. The van der Waals surface area contributed by atoms with Crippen LogP contribution in [0.15, 0.2) is 12.7 Å². The van der Waals surface area contributed by atoms with Crippen LogP contribution in [0.3, 0.4) is 0 Å². The van der Waals surface area contributed by atoms with Gasteiger partial charge in [-0.15, -0.1) is 0 Å². The minimum Gasteiger partial charge on any atom is -0.368 e. The van der Waals surface area contributed by atoms with Crippen molar-refractivity contribution in [2.24, 2.45) is 0 Å². The molecule has 1 amide bonds. The maximum atomic E-state index is 11.1. The van der Waals surface area contributed by atoms with Crippen LogP contribution in [0.1, 0.15) is 12.8 Å². The third-order valence-electron chi connectivity index (χ3n) is 2.86. The molecule has 10 heteroatoms. The van der Waals surface area contributed by atoms with Crippen LogP contribution < -0.4 is 16.4 Å². The minimum atomic E-state index is 0.0651. The molecule has 3 rings (SSSR count). The molecule has 1 aliphatic rings. The van der Waals surface area contributed by atoms with E-state index < -0.39 is 0 Å². The highest BCUT2D eigenvalue weighted by molar-refractivity contribution is 5.78. The summed E-state index contributed by atoms with van der Waals surface area (Å²) in [6.45, 7) is 0.534. The first-order valence-corrected chi connectivity index (χ1v) is 6.10. The molecular weight excluding hydrogens is 262 g/mol. The molecule has 1 aliphatic heterocycles. The van der Waals surface area contributed by atoms with E-state index in [1.54, 1.807) is 0 Å². The second-order valence-electron chi connectivity index (χ2n) is 4.34. The molecule has 1 fully saturated rings. The number of nitrogens with two attached hydrogens (primary N) is 1. The topological polar surface area (TPSA) is 137 Å². The third-order valence-corrected chi connectivity index (χ3v) is 2.86. The SMILES string of the molecule is Nc1nc(NCC2CCC(=O)N2)nc(-n2cncn2)n1. The zero-order valence-electron chi connectivity index (χ0n) is 10.5. The molecule has 0 radical (unpaired) electrons. The second-order valence-corrected chi connectivity index (χ2v) is 4.34. The van der Waals surface area contributed by atoms with Crippen molar-refractivity contribution < 1.29 is 4.79 Å². The van der Waals surface area contributed by atoms with Gasteiger partial charge >= 0.3 is 0 Å². The Hall–Kier alpha value is -2.78. The van der Waals surface area contributed by atoms with Crippen molar-refractivity contribution in [1.82, 2.24) is 35.0 Å². The van der Waals surface area contributed by atoms with Crippen molar-refractivity contribution in [2.75, 3.05) is 17.6 Å². The van der Waals surface area contributed by atoms with Gasteiger partial charge in [0.2, 0.25) is 17.8 Å². The van der Waals surface area contributed by atoms with E-state index in [9.17, 15) is 4.79 Å². The fourth-order valence-corrected chi connectivity index (χ4v) is 1.92. The Kier molecular flexibility index (Phi) is 3.11. The van der Waals surface area contributed by atoms with Crippen LogP contribution in [0.4, 0.5) is 11.9 Å². The van der Waals surface area contributed by atoms with Crippen LogP contribution in [0.25, 0.3) is 5.95 Å². The predicted octanol–water partition coefficient (Wildman–Crippen LogP) is -1.27. The first-order chi connectivity index (χ1) is 9.70. The molecule has 1 saturated heterocycles. The van der Waals surface area contributed by atoms with E-state index in [2.05, 4.69) is 35.7 Å². The molecule has 3 heterocycles. The molecule has 2 aromatic heterocycles. The van der Waals surface area contributed by atoms with E-state index in [0.29, 0.717) is 18.9 Å². The highest BCUT2D eigenvalue weighted by atomic mass is 16.1. The standard InChI is InChI=1S/C10H13N9O/c11-8-16-9(13-3-6-1-2-7(20)15-6)18-10(17-8)19-5-12-4-14-19/h4-6H,1-3H2,(H,15,20)(H3,11,13,16,17,18). The number of aromatic nitrogens is 6. The Morgan fingerprint density at radius 2 is 2.35 bits per heavy atom. The Morgan fingerprint density at radius 3 is 3.05 bits per heavy atom. The molecule has 2 aromatic rings. The van der Waals surface area contributed by atoms with Gasteiger partial charge in [-0.2, -0.15) is 24.7 Å². The summed E-state index contributed by atoms with van der Waals surface area (Å²) in [6, 6.07) is 0.0790.